The zero-order valence-corrected chi connectivity index (χ0v) is 19.9. The average molecular weight is 461 g/mol. The van der Waals surface area contributed by atoms with Crippen molar-refractivity contribution in [3.63, 3.8) is 0 Å². The van der Waals surface area contributed by atoms with E-state index >= 15 is 0 Å². The number of carbonyl (C=O) groups is 1. The number of fused-ring (bicyclic) bond motifs is 1. The number of likely N-dealkylation sites (N-methyl/N-ethyl adjacent to an activating group) is 1. The monoisotopic (exact) mass is 460 g/mol. The highest BCUT2D eigenvalue weighted by Crippen LogP contribution is 2.38. The standard InChI is InChI=1S/C24H30Cl2N4O/c1-28-9-7-19(8-10-28)30(3)24(31)27-18-6-4-5-16(11-18)21-14-29(2)15-22-20(21)12-17(25)13-23(22)26/h4-6,11-13,19,21H,7-10,14-15H2,1-3H3,(H,27,31). The molecule has 1 atom stereocenters. The topological polar surface area (TPSA) is 38.8 Å². The third kappa shape index (κ3) is 5.01. The van der Waals surface area contributed by atoms with Crippen LogP contribution in [0.2, 0.25) is 10.0 Å². The molecule has 0 aliphatic carbocycles. The van der Waals surface area contributed by atoms with Crippen molar-refractivity contribution in [1.29, 1.82) is 0 Å². The van der Waals surface area contributed by atoms with Gasteiger partial charge in [-0.05, 0) is 81.0 Å². The predicted octanol–water partition coefficient (Wildman–Crippen LogP) is 5.13. The van der Waals surface area contributed by atoms with E-state index in [2.05, 4.69) is 41.3 Å². The number of benzene rings is 2. The van der Waals surface area contributed by atoms with Gasteiger partial charge in [0.15, 0.2) is 0 Å². The van der Waals surface area contributed by atoms with Crippen LogP contribution < -0.4 is 5.32 Å². The van der Waals surface area contributed by atoms with Crippen LogP contribution in [-0.2, 0) is 6.54 Å². The van der Waals surface area contributed by atoms with Crippen molar-refractivity contribution in [2.45, 2.75) is 31.3 Å². The lowest BCUT2D eigenvalue weighted by molar-refractivity contribution is 0.156. The lowest BCUT2D eigenvalue weighted by Gasteiger charge is -2.35. The largest absolute Gasteiger partial charge is 0.325 e. The lowest BCUT2D eigenvalue weighted by Crippen LogP contribution is -2.46. The summed E-state index contributed by atoms with van der Waals surface area (Å²) >= 11 is 12.8. The molecule has 2 heterocycles. The molecule has 31 heavy (non-hydrogen) atoms. The number of likely N-dealkylation sites (tertiary alicyclic amines) is 1. The normalized spacial score (nSPS) is 20.4. The summed E-state index contributed by atoms with van der Waals surface area (Å²) in [6.07, 6.45) is 2.01. The van der Waals surface area contributed by atoms with Crippen molar-refractivity contribution in [3.8, 4) is 0 Å². The first-order valence-electron chi connectivity index (χ1n) is 10.8. The highest BCUT2D eigenvalue weighted by Gasteiger charge is 2.28. The van der Waals surface area contributed by atoms with Crippen molar-refractivity contribution in [2.24, 2.45) is 0 Å². The fourth-order valence-electron chi connectivity index (χ4n) is 4.72. The minimum Gasteiger partial charge on any atom is -0.325 e. The minimum absolute atomic E-state index is 0.0565. The highest BCUT2D eigenvalue weighted by atomic mass is 35.5. The van der Waals surface area contributed by atoms with Crippen LogP contribution in [0.5, 0.6) is 0 Å². The summed E-state index contributed by atoms with van der Waals surface area (Å²) < 4.78 is 0. The first-order chi connectivity index (χ1) is 14.8. The Morgan fingerprint density at radius 1 is 1.10 bits per heavy atom. The maximum Gasteiger partial charge on any atom is 0.321 e. The Balaban J connectivity index is 1.53. The second-order valence-electron chi connectivity index (χ2n) is 8.91. The second kappa shape index (κ2) is 9.37. The molecule has 1 saturated heterocycles. The number of urea groups is 1. The summed E-state index contributed by atoms with van der Waals surface area (Å²) in [5.74, 6) is 0.147. The van der Waals surface area contributed by atoms with Gasteiger partial charge in [0.05, 0.1) is 0 Å². The molecule has 2 aliphatic rings. The van der Waals surface area contributed by atoms with Gasteiger partial charge in [0.1, 0.15) is 0 Å². The Kier molecular flexibility index (Phi) is 6.77. The van der Waals surface area contributed by atoms with Crippen molar-refractivity contribution >= 4 is 34.9 Å². The molecule has 2 aromatic rings. The third-order valence-electron chi connectivity index (χ3n) is 6.59. The molecule has 0 spiro atoms. The molecular weight excluding hydrogens is 431 g/mol. The number of nitrogens with one attached hydrogen (secondary N) is 1. The van der Waals surface area contributed by atoms with Crippen LogP contribution in [0.1, 0.15) is 35.4 Å². The Labute approximate surface area is 194 Å². The molecule has 0 bridgehead atoms. The first kappa shape index (κ1) is 22.4. The van der Waals surface area contributed by atoms with Crippen LogP contribution in [-0.4, -0.2) is 67.5 Å². The van der Waals surface area contributed by atoms with Gasteiger partial charge in [0, 0.05) is 47.8 Å². The van der Waals surface area contributed by atoms with E-state index < -0.39 is 0 Å². The van der Waals surface area contributed by atoms with Crippen molar-refractivity contribution in [3.05, 3.63) is 63.1 Å². The molecule has 7 heteroatoms. The molecule has 4 rings (SSSR count). The van der Waals surface area contributed by atoms with Crippen molar-refractivity contribution < 1.29 is 4.79 Å². The Bertz CT molecular complexity index is 959. The second-order valence-corrected chi connectivity index (χ2v) is 9.75. The maximum absolute atomic E-state index is 12.9. The number of rotatable bonds is 3. The average Bonchev–Trinajstić information content (AvgIpc) is 2.74. The van der Waals surface area contributed by atoms with Gasteiger partial charge in [-0.1, -0.05) is 35.3 Å². The van der Waals surface area contributed by atoms with E-state index in [0.29, 0.717) is 10.0 Å². The van der Waals surface area contributed by atoms with Gasteiger partial charge in [0.2, 0.25) is 0 Å². The molecule has 0 saturated carbocycles. The van der Waals surface area contributed by atoms with E-state index in [1.165, 1.54) is 5.56 Å². The number of piperidine rings is 1. The third-order valence-corrected chi connectivity index (χ3v) is 7.14. The number of anilines is 1. The molecule has 2 aromatic carbocycles. The molecule has 1 fully saturated rings. The summed E-state index contributed by atoms with van der Waals surface area (Å²) in [4.78, 5) is 19.3. The quantitative estimate of drug-likeness (QED) is 0.689. The fourth-order valence-corrected chi connectivity index (χ4v) is 5.29. The van der Waals surface area contributed by atoms with Gasteiger partial charge in [-0.3, -0.25) is 0 Å². The minimum atomic E-state index is -0.0565. The van der Waals surface area contributed by atoms with Crippen molar-refractivity contribution in [2.75, 3.05) is 46.1 Å². The number of halogens is 2. The van der Waals surface area contributed by atoms with Gasteiger partial charge in [-0.2, -0.15) is 0 Å². The predicted molar refractivity (Wildman–Crippen MR) is 128 cm³/mol. The summed E-state index contributed by atoms with van der Waals surface area (Å²) in [6, 6.07) is 12.2. The van der Waals surface area contributed by atoms with Crippen LogP contribution in [0.25, 0.3) is 0 Å². The molecule has 0 radical (unpaired) electrons. The first-order valence-corrected chi connectivity index (χ1v) is 11.6. The number of carbonyl (C=O) groups excluding carboxylic acids is 1. The van der Waals surface area contributed by atoms with Crippen LogP contribution in [0.4, 0.5) is 10.5 Å². The van der Waals surface area contributed by atoms with Gasteiger partial charge >= 0.3 is 6.03 Å². The number of hydrogen-bond acceptors (Lipinski definition) is 3. The van der Waals surface area contributed by atoms with E-state index in [4.69, 9.17) is 23.2 Å². The SMILES string of the molecule is CN1CCC(N(C)C(=O)Nc2cccc(C3CN(C)Cc4c(Cl)cc(Cl)cc43)c2)CC1. The number of hydrogen-bond donors (Lipinski definition) is 1. The van der Waals surface area contributed by atoms with Gasteiger partial charge in [-0.15, -0.1) is 0 Å². The van der Waals surface area contributed by atoms with Gasteiger partial charge in [-0.25, -0.2) is 4.79 Å². The zero-order valence-electron chi connectivity index (χ0n) is 18.4. The Morgan fingerprint density at radius 3 is 2.58 bits per heavy atom. The summed E-state index contributed by atoms with van der Waals surface area (Å²) in [5, 5.41) is 4.46. The van der Waals surface area contributed by atoms with E-state index in [1.54, 1.807) is 0 Å². The van der Waals surface area contributed by atoms with Crippen LogP contribution in [0, 0.1) is 0 Å². The number of nitrogens with zero attached hydrogens (tertiary/aromatic N) is 3. The van der Waals surface area contributed by atoms with Crippen molar-refractivity contribution in [1.82, 2.24) is 14.7 Å². The smallest absolute Gasteiger partial charge is 0.321 e. The Hall–Kier alpha value is -1.79. The summed E-state index contributed by atoms with van der Waals surface area (Å²) in [5.41, 5.74) is 4.25. The van der Waals surface area contributed by atoms with E-state index in [0.717, 1.165) is 55.8 Å². The lowest BCUT2D eigenvalue weighted by atomic mass is 9.84. The molecular formula is C24H30Cl2N4O. The number of amides is 2. The molecule has 1 unspecified atom stereocenters. The van der Waals surface area contributed by atoms with Gasteiger partial charge < -0.3 is 20.0 Å². The molecule has 2 amide bonds. The highest BCUT2D eigenvalue weighted by molar-refractivity contribution is 6.35. The molecule has 2 aliphatic heterocycles. The molecule has 166 valence electrons. The van der Waals surface area contributed by atoms with Gasteiger partial charge in [0.25, 0.3) is 0 Å². The summed E-state index contributed by atoms with van der Waals surface area (Å²) in [7, 11) is 6.12. The Morgan fingerprint density at radius 2 is 1.84 bits per heavy atom. The molecule has 0 aromatic heterocycles. The van der Waals surface area contributed by atoms with E-state index in [1.807, 2.05) is 36.2 Å². The van der Waals surface area contributed by atoms with E-state index in [9.17, 15) is 4.79 Å². The maximum atomic E-state index is 12.9. The molecule has 1 N–H and O–H groups in total. The van der Waals surface area contributed by atoms with Crippen LogP contribution in [0.15, 0.2) is 36.4 Å². The van der Waals surface area contributed by atoms with Crippen LogP contribution in [0.3, 0.4) is 0 Å². The van der Waals surface area contributed by atoms with E-state index in [-0.39, 0.29) is 18.0 Å². The summed E-state index contributed by atoms with van der Waals surface area (Å²) in [6.45, 7) is 3.73. The zero-order chi connectivity index (χ0) is 22.1. The van der Waals surface area contributed by atoms with Crippen LogP contribution >= 0.6 is 23.2 Å². The fraction of sp³-hybridized carbons (Fsp3) is 0.458. The molecule has 5 nitrogen and oxygen atoms in total.